The van der Waals surface area contributed by atoms with Crippen molar-refractivity contribution in [3.63, 3.8) is 0 Å². The summed E-state index contributed by atoms with van der Waals surface area (Å²) in [6.07, 6.45) is 2.37. The summed E-state index contributed by atoms with van der Waals surface area (Å²) in [6.45, 7) is 0.473. The molecule has 0 radical (unpaired) electrons. The van der Waals surface area contributed by atoms with Gasteiger partial charge in [0.05, 0.1) is 12.3 Å². The Balaban J connectivity index is 1.41. The van der Waals surface area contributed by atoms with E-state index in [2.05, 4.69) is 15.5 Å². The number of rotatable bonds is 2. The van der Waals surface area contributed by atoms with Crippen LogP contribution in [0, 0.1) is 0 Å². The number of benzene rings is 1. The van der Waals surface area contributed by atoms with Crippen LogP contribution in [0.3, 0.4) is 0 Å². The third-order valence-electron chi connectivity index (χ3n) is 4.78. The number of amides is 1. The summed E-state index contributed by atoms with van der Waals surface area (Å²) < 4.78 is 5.72. The van der Waals surface area contributed by atoms with Crippen molar-refractivity contribution < 1.29 is 9.53 Å². The van der Waals surface area contributed by atoms with Crippen LogP contribution < -0.4 is 10.9 Å². The lowest BCUT2D eigenvalue weighted by atomic mass is 9.92. The maximum Gasteiger partial charge on any atom is 0.264 e. The number of aromatic amines is 1. The topological polar surface area (TPSA) is 84.1 Å². The van der Waals surface area contributed by atoms with E-state index >= 15 is 0 Å². The number of ether oxygens (including phenoxy) is 1. The molecule has 0 spiro atoms. The van der Waals surface area contributed by atoms with Gasteiger partial charge in [-0.05, 0) is 36.0 Å². The van der Waals surface area contributed by atoms with Crippen molar-refractivity contribution in [3.05, 3.63) is 63.1 Å². The average Bonchev–Trinajstić information content (AvgIpc) is 2.61. The molecule has 1 aliphatic carbocycles. The molecule has 1 amide bonds. The molecule has 1 aliphatic heterocycles. The van der Waals surface area contributed by atoms with Gasteiger partial charge in [-0.25, -0.2) is 5.10 Å². The summed E-state index contributed by atoms with van der Waals surface area (Å²) in [5.41, 5.74) is 3.97. The molecule has 2 aromatic rings. The van der Waals surface area contributed by atoms with E-state index in [1.165, 1.54) is 5.56 Å². The minimum absolute atomic E-state index is 0.0226. The van der Waals surface area contributed by atoms with E-state index in [1.54, 1.807) is 6.07 Å². The number of nitrogens with zero attached hydrogens (tertiary/aromatic N) is 1. The summed E-state index contributed by atoms with van der Waals surface area (Å²) in [5, 5.41) is 9.61. The highest BCUT2D eigenvalue weighted by atomic mass is 16.5. The molecule has 2 aliphatic rings. The van der Waals surface area contributed by atoms with Gasteiger partial charge in [0.2, 0.25) is 5.91 Å². The van der Waals surface area contributed by atoms with Crippen LogP contribution in [0.25, 0.3) is 0 Å². The largest absolute Gasteiger partial charge is 0.363 e. The summed E-state index contributed by atoms with van der Waals surface area (Å²) in [6, 6.07) is 9.65. The predicted molar refractivity (Wildman–Crippen MR) is 87.5 cm³/mol. The molecular weight excluding hydrogens is 306 g/mol. The van der Waals surface area contributed by atoms with Crippen molar-refractivity contribution in [1.29, 1.82) is 0 Å². The molecule has 24 heavy (non-hydrogen) atoms. The van der Waals surface area contributed by atoms with Crippen molar-refractivity contribution in [1.82, 2.24) is 15.5 Å². The lowest BCUT2D eigenvalue weighted by Gasteiger charge is -2.28. The van der Waals surface area contributed by atoms with E-state index in [0.717, 1.165) is 29.7 Å². The fourth-order valence-corrected chi connectivity index (χ4v) is 3.47. The van der Waals surface area contributed by atoms with Crippen LogP contribution in [0.2, 0.25) is 0 Å². The first-order chi connectivity index (χ1) is 11.7. The van der Waals surface area contributed by atoms with Gasteiger partial charge in [-0.3, -0.25) is 9.59 Å². The summed E-state index contributed by atoms with van der Waals surface area (Å²) in [4.78, 5) is 23.9. The SMILES string of the molecule is O=C(NC1CCc2n[nH]c(=O)cc2C1)C1Cc2ccccc2CO1. The smallest absolute Gasteiger partial charge is 0.264 e. The van der Waals surface area contributed by atoms with Gasteiger partial charge >= 0.3 is 0 Å². The molecule has 6 nitrogen and oxygen atoms in total. The van der Waals surface area contributed by atoms with Gasteiger partial charge < -0.3 is 10.1 Å². The number of H-pyrrole nitrogens is 1. The first-order valence-corrected chi connectivity index (χ1v) is 8.25. The number of fused-ring (bicyclic) bond motifs is 2. The molecule has 2 unspecified atom stereocenters. The van der Waals surface area contributed by atoms with E-state index < -0.39 is 6.10 Å². The van der Waals surface area contributed by atoms with E-state index in [9.17, 15) is 9.59 Å². The average molecular weight is 325 g/mol. The second-order valence-electron chi connectivity index (χ2n) is 6.42. The van der Waals surface area contributed by atoms with Gasteiger partial charge in [-0.1, -0.05) is 24.3 Å². The number of aromatic nitrogens is 2. The van der Waals surface area contributed by atoms with E-state index in [4.69, 9.17) is 4.74 Å². The second kappa shape index (κ2) is 6.20. The summed E-state index contributed by atoms with van der Waals surface area (Å²) in [7, 11) is 0. The normalized spacial score (nSPS) is 22.3. The maximum atomic E-state index is 12.5. The van der Waals surface area contributed by atoms with Gasteiger partial charge in [0.15, 0.2) is 0 Å². The van der Waals surface area contributed by atoms with Crippen molar-refractivity contribution in [2.24, 2.45) is 0 Å². The Morgan fingerprint density at radius 2 is 2.04 bits per heavy atom. The fraction of sp³-hybridized carbons (Fsp3) is 0.389. The van der Waals surface area contributed by atoms with Gasteiger partial charge in [0, 0.05) is 18.5 Å². The lowest BCUT2D eigenvalue weighted by Crippen LogP contribution is -2.46. The van der Waals surface area contributed by atoms with Crippen LogP contribution >= 0.6 is 0 Å². The number of hydrogen-bond acceptors (Lipinski definition) is 4. The van der Waals surface area contributed by atoms with Crippen LogP contribution in [-0.4, -0.2) is 28.3 Å². The summed E-state index contributed by atoms with van der Waals surface area (Å²) >= 11 is 0. The van der Waals surface area contributed by atoms with E-state index in [0.29, 0.717) is 19.4 Å². The third-order valence-corrected chi connectivity index (χ3v) is 4.78. The van der Waals surface area contributed by atoms with Crippen molar-refractivity contribution >= 4 is 5.91 Å². The van der Waals surface area contributed by atoms with Crippen LogP contribution in [0.4, 0.5) is 0 Å². The molecule has 2 atom stereocenters. The summed E-state index contributed by atoms with van der Waals surface area (Å²) in [5.74, 6) is -0.0734. The number of carbonyl (C=O) groups excluding carboxylic acids is 1. The first-order valence-electron chi connectivity index (χ1n) is 8.25. The zero-order valence-electron chi connectivity index (χ0n) is 13.2. The molecule has 1 aromatic carbocycles. The molecule has 2 N–H and O–H groups in total. The maximum absolute atomic E-state index is 12.5. The zero-order valence-corrected chi connectivity index (χ0v) is 13.2. The Kier molecular flexibility index (Phi) is 3.90. The Morgan fingerprint density at radius 1 is 1.21 bits per heavy atom. The highest BCUT2D eigenvalue weighted by Gasteiger charge is 2.28. The molecular formula is C18H19N3O3. The van der Waals surface area contributed by atoms with Gasteiger partial charge in [0.25, 0.3) is 5.56 Å². The lowest BCUT2D eigenvalue weighted by molar-refractivity contribution is -0.135. The van der Waals surface area contributed by atoms with Crippen molar-refractivity contribution in [2.75, 3.05) is 0 Å². The minimum Gasteiger partial charge on any atom is -0.363 e. The molecule has 0 fully saturated rings. The van der Waals surface area contributed by atoms with E-state index in [1.807, 2.05) is 24.3 Å². The Hall–Kier alpha value is -2.47. The Morgan fingerprint density at radius 3 is 2.92 bits per heavy atom. The number of carbonyl (C=O) groups is 1. The van der Waals surface area contributed by atoms with Crippen molar-refractivity contribution in [3.8, 4) is 0 Å². The van der Waals surface area contributed by atoms with Crippen molar-refractivity contribution in [2.45, 2.75) is 44.4 Å². The molecule has 0 saturated carbocycles. The molecule has 2 heterocycles. The standard InChI is InChI=1S/C18H19N3O3/c22-17-9-13-7-14(5-6-15(13)20-21-17)19-18(23)16-8-11-3-1-2-4-12(11)10-24-16/h1-4,9,14,16H,5-8,10H2,(H,19,23)(H,21,22). The minimum atomic E-state index is -0.446. The molecule has 0 saturated heterocycles. The molecule has 4 rings (SSSR count). The quantitative estimate of drug-likeness (QED) is 0.859. The van der Waals surface area contributed by atoms with Gasteiger partial charge in [-0.15, -0.1) is 0 Å². The fourth-order valence-electron chi connectivity index (χ4n) is 3.47. The highest BCUT2D eigenvalue weighted by Crippen LogP contribution is 2.22. The highest BCUT2D eigenvalue weighted by molar-refractivity contribution is 5.81. The van der Waals surface area contributed by atoms with Crippen LogP contribution in [0.1, 0.15) is 28.8 Å². The zero-order chi connectivity index (χ0) is 16.5. The number of aryl methyl sites for hydroxylation is 1. The predicted octanol–water partition coefficient (Wildman–Crippen LogP) is 0.885. The van der Waals surface area contributed by atoms with Gasteiger partial charge in [-0.2, -0.15) is 5.10 Å². The molecule has 0 bridgehead atoms. The van der Waals surface area contributed by atoms with E-state index in [-0.39, 0.29) is 17.5 Å². The molecule has 124 valence electrons. The second-order valence-corrected chi connectivity index (χ2v) is 6.42. The molecule has 1 aromatic heterocycles. The van der Waals surface area contributed by atoms with Gasteiger partial charge in [0.1, 0.15) is 6.10 Å². The monoisotopic (exact) mass is 325 g/mol. The first kappa shape index (κ1) is 15.1. The van der Waals surface area contributed by atoms with Crippen LogP contribution in [-0.2, 0) is 35.4 Å². The molecule has 6 heteroatoms. The Bertz CT molecular complexity index is 830. The Labute approximate surface area is 139 Å². The third kappa shape index (κ3) is 2.97. The van der Waals surface area contributed by atoms with Crippen LogP contribution in [0.5, 0.6) is 0 Å². The number of hydrogen-bond donors (Lipinski definition) is 2. The van der Waals surface area contributed by atoms with Crippen LogP contribution in [0.15, 0.2) is 35.1 Å². The number of nitrogens with one attached hydrogen (secondary N) is 2.